The molecule has 0 spiro atoms. The molecule has 44 heavy (non-hydrogen) atoms. The van der Waals surface area contributed by atoms with Crippen LogP contribution < -0.4 is 9.80 Å². The van der Waals surface area contributed by atoms with Gasteiger partial charge in [0.1, 0.15) is 16.9 Å². The minimum Gasteiger partial charge on any atom is -0.481 e. The molecule has 0 aliphatic carbocycles. The normalized spacial score (nSPS) is 16.5. The van der Waals surface area contributed by atoms with E-state index in [-0.39, 0.29) is 11.8 Å². The Morgan fingerprint density at radius 2 is 1.70 bits per heavy atom. The Balaban J connectivity index is 1.27. The van der Waals surface area contributed by atoms with E-state index in [2.05, 4.69) is 48.8 Å². The van der Waals surface area contributed by atoms with Crippen molar-refractivity contribution in [1.82, 2.24) is 15.0 Å². The van der Waals surface area contributed by atoms with Crippen molar-refractivity contribution in [2.24, 2.45) is 5.41 Å². The molecular weight excluding hydrogens is 550 g/mol. The smallest absolute Gasteiger partial charge is 0.307 e. The lowest BCUT2D eigenvalue weighted by Gasteiger charge is -2.40. The minimum atomic E-state index is -0.827. The van der Waals surface area contributed by atoms with Crippen LogP contribution in [0.3, 0.4) is 0 Å². The van der Waals surface area contributed by atoms with Crippen LogP contribution >= 0.6 is 0 Å². The molecule has 8 heteroatoms. The van der Waals surface area contributed by atoms with Gasteiger partial charge in [0.2, 0.25) is 0 Å². The van der Waals surface area contributed by atoms with Gasteiger partial charge in [0, 0.05) is 54.1 Å². The van der Waals surface area contributed by atoms with Crippen molar-refractivity contribution in [2.45, 2.75) is 66.8 Å². The molecule has 0 amide bonds. The molecule has 3 aromatic heterocycles. The topological polar surface area (TPSA) is 95.6 Å². The van der Waals surface area contributed by atoms with Gasteiger partial charge in [-0.3, -0.25) is 9.78 Å². The van der Waals surface area contributed by atoms with Crippen molar-refractivity contribution in [3.63, 3.8) is 0 Å². The first-order valence-electron chi connectivity index (χ1n) is 15.6. The number of carbonyl (C=O) groups is 1. The molecule has 5 heterocycles. The number of aromatic nitrogens is 3. The molecule has 2 aliphatic heterocycles. The number of carboxylic acid groups (broad SMARTS) is 1. The molecule has 226 valence electrons. The number of piperidine rings is 1. The second-order valence-corrected chi connectivity index (χ2v) is 13.2. The highest BCUT2D eigenvalue weighted by molar-refractivity contribution is 6.05. The summed E-state index contributed by atoms with van der Waals surface area (Å²) in [5.74, 6) is 0.742. The molecule has 1 saturated heterocycles. The van der Waals surface area contributed by atoms with Crippen LogP contribution in [0.25, 0.3) is 33.2 Å². The first-order valence-corrected chi connectivity index (χ1v) is 15.6. The van der Waals surface area contributed by atoms with Crippen LogP contribution in [-0.4, -0.2) is 45.7 Å². The second-order valence-electron chi connectivity index (χ2n) is 13.2. The van der Waals surface area contributed by atoms with E-state index >= 15 is 0 Å². The number of nitrogens with zero attached hydrogens (tertiary/aromatic N) is 5. The fraction of sp³-hybridized carbons (Fsp3) is 0.389. The lowest BCUT2D eigenvalue weighted by Crippen LogP contribution is -2.38. The van der Waals surface area contributed by atoms with Gasteiger partial charge in [0.05, 0.1) is 12.1 Å². The molecule has 5 aromatic rings. The predicted octanol–water partition coefficient (Wildman–Crippen LogP) is 7.18. The average molecular weight is 590 g/mol. The first kappa shape index (κ1) is 28.3. The maximum absolute atomic E-state index is 12.0. The molecule has 8 nitrogen and oxygen atoms in total. The molecular formula is C36H39N5O3. The molecule has 2 aliphatic rings. The van der Waals surface area contributed by atoms with Crippen molar-refractivity contribution in [2.75, 3.05) is 29.4 Å². The number of para-hydroxylation sites is 1. The van der Waals surface area contributed by atoms with Crippen LogP contribution in [0.4, 0.5) is 11.5 Å². The van der Waals surface area contributed by atoms with Gasteiger partial charge in [-0.15, -0.1) is 0 Å². The van der Waals surface area contributed by atoms with Crippen LogP contribution in [0.5, 0.6) is 0 Å². The number of fused-ring (bicyclic) bond motifs is 4. The van der Waals surface area contributed by atoms with Gasteiger partial charge >= 0.3 is 5.97 Å². The van der Waals surface area contributed by atoms with Crippen molar-refractivity contribution < 1.29 is 14.3 Å². The largest absolute Gasteiger partial charge is 0.481 e. The minimum absolute atomic E-state index is 0.0319. The monoisotopic (exact) mass is 589 g/mol. The zero-order valence-corrected chi connectivity index (χ0v) is 26.2. The molecule has 0 atom stereocenters. The number of benzene rings is 2. The number of aliphatic carboxylic acids is 1. The SMILES string of the molecule is Cc1nc(N2CCc3cc(-c4c(C)nc(C)c(CC(=O)O)c4N4CCC(C)(C)CC4)ccc3C2)c2oc3ccccc3c2n1. The van der Waals surface area contributed by atoms with Gasteiger partial charge in [-0.05, 0) is 74.3 Å². The summed E-state index contributed by atoms with van der Waals surface area (Å²) in [6, 6.07) is 14.7. The van der Waals surface area contributed by atoms with E-state index in [1.165, 1.54) is 11.1 Å². The van der Waals surface area contributed by atoms with Gasteiger partial charge < -0.3 is 19.3 Å². The number of carboxylic acids is 1. The first-order chi connectivity index (χ1) is 21.1. The van der Waals surface area contributed by atoms with Crippen molar-refractivity contribution in [1.29, 1.82) is 0 Å². The Hall–Kier alpha value is -4.46. The van der Waals surface area contributed by atoms with Crippen LogP contribution in [0.1, 0.15) is 60.6 Å². The Bertz CT molecular complexity index is 1930. The van der Waals surface area contributed by atoms with E-state index in [4.69, 9.17) is 19.4 Å². The summed E-state index contributed by atoms with van der Waals surface area (Å²) in [7, 11) is 0. The molecule has 0 bridgehead atoms. The Kier molecular flexibility index (Phi) is 6.83. The molecule has 0 saturated carbocycles. The standard InChI is InChI=1S/C36H39N5O3/c1-21-28(19-30(42)43)33(40-16-13-36(4,5)14-17-40)31(22(2)37-21)25-10-11-26-20-41(15-12-24(26)18-25)35-34-32(38-23(3)39-35)27-8-6-7-9-29(27)44-34/h6-11,18H,12-17,19-20H2,1-5H3,(H,42,43). The molecule has 1 N–H and O–H groups in total. The maximum atomic E-state index is 12.0. The highest BCUT2D eigenvalue weighted by Gasteiger charge is 2.31. The number of hydrogen-bond donors (Lipinski definition) is 1. The molecule has 0 radical (unpaired) electrons. The van der Waals surface area contributed by atoms with E-state index in [0.717, 1.165) is 113 Å². The summed E-state index contributed by atoms with van der Waals surface area (Å²) in [4.78, 5) is 31.2. The number of hydrogen-bond acceptors (Lipinski definition) is 7. The van der Waals surface area contributed by atoms with Gasteiger partial charge in [0.15, 0.2) is 11.4 Å². The Morgan fingerprint density at radius 1 is 0.932 bits per heavy atom. The third-order valence-corrected chi connectivity index (χ3v) is 9.54. The fourth-order valence-corrected chi connectivity index (χ4v) is 7.05. The fourth-order valence-electron chi connectivity index (χ4n) is 7.05. The summed E-state index contributed by atoms with van der Waals surface area (Å²) in [6.45, 7) is 13.9. The summed E-state index contributed by atoms with van der Waals surface area (Å²) in [6.07, 6.45) is 2.97. The van der Waals surface area contributed by atoms with Gasteiger partial charge in [-0.1, -0.05) is 44.2 Å². The molecule has 7 rings (SSSR count). The van der Waals surface area contributed by atoms with Crippen molar-refractivity contribution in [3.8, 4) is 11.1 Å². The lowest BCUT2D eigenvalue weighted by atomic mass is 9.82. The average Bonchev–Trinajstić information content (AvgIpc) is 3.36. The maximum Gasteiger partial charge on any atom is 0.307 e. The quantitative estimate of drug-likeness (QED) is 0.230. The van der Waals surface area contributed by atoms with Crippen LogP contribution in [0.2, 0.25) is 0 Å². The van der Waals surface area contributed by atoms with Crippen LogP contribution in [-0.2, 0) is 24.2 Å². The number of rotatable bonds is 5. The lowest BCUT2D eigenvalue weighted by molar-refractivity contribution is -0.136. The Labute approximate surface area is 257 Å². The Morgan fingerprint density at radius 3 is 2.48 bits per heavy atom. The summed E-state index contributed by atoms with van der Waals surface area (Å²) in [5.41, 5.74) is 11.1. The van der Waals surface area contributed by atoms with Crippen LogP contribution in [0.15, 0.2) is 46.9 Å². The van der Waals surface area contributed by atoms with Crippen molar-refractivity contribution >= 4 is 39.5 Å². The zero-order chi connectivity index (χ0) is 30.7. The second kappa shape index (κ2) is 10.6. The van der Waals surface area contributed by atoms with Crippen molar-refractivity contribution in [3.05, 3.63) is 76.4 Å². The third kappa shape index (κ3) is 4.96. The van der Waals surface area contributed by atoms with E-state index in [1.54, 1.807) is 0 Å². The summed E-state index contributed by atoms with van der Waals surface area (Å²) in [5, 5.41) is 10.9. The van der Waals surface area contributed by atoms with Gasteiger partial charge in [0.25, 0.3) is 0 Å². The van der Waals surface area contributed by atoms with E-state index in [9.17, 15) is 9.90 Å². The van der Waals surface area contributed by atoms with Gasteiger partial charge in [-0.2, -0.15) is 0 Å². The summed E-state index contributed by atoms with van der Waals surface area (Å²) >= 11 is 0. The summed E-state index contributed by atoms with van der Waals surface area (Å²) < 4.78 is 6.28. The number of aryl methyl sites for hydroxylation is 3. The number of anilines is 2. The van der Waals surface area contributed by atoms with Gasteiger partial charge in [-0.25, -0.2) is 9.97 Å². The van der Waals surface area contributed by atoms with Crippen LogP contribution in [0, 0.1) is 26.2 Å². The zero-order valence-electron chi connectivity index (χ0n) is 26.2. The molecule has 0 unspecified atom stereocenters. The molecule has 1 fully saturated rings. The third-order valence-electron chi connectivity index (χ3n) is 9.54. The number of furan rings is 1. The van der Waals surface area contributed by atoms with E-state index < -0.39 is 5.97 Å². The predicted molar refractivity (Wildman–Crippen MR) is 175 cm³/mol. The number of pyridine rings is 1. The highest BCUT2D eigenvalue weighted by atomic mass is 16.4. The highest BCUT2D eigenvalue weighted by Crippen LogP contribution is 2.43. The molecule has 2 aromatic carbocycles. The van der Waals surface area contributed by atoms with E-state index in [0.29, 0.717) is 0 Å². The van der Waals surface area contributed by atoms with E-state index in [1.807, 2.05) is 38.1 Å².